The Morgan fingerprint density at radius 2 is 2.07 bits per heavy atom. The quantitative estimate of drug-likeness (QED) is 0.636. The third-order valence-corrected chi connectivity index (χ3v) is 6.72. The lowest BCUT2D eigenvalue weighted by Gasteiger charge is -2.45. The molecule has 0 spiro atoms. The summed E-state index contributed by atoms with van der Waals surface area (Å²) in [4.78, 5) is 8.86. The summed E-state index contributed by atoms with van der Waals surface area (Å²) in [6.07, 6.45) is 6.07. The molecule has 0 aliphatic heterocycles. The maximum absolute atomic E-state index is 13.2. The fraction of sp³-hybridized carbons (Fsp3) is 0.375. The van der Waals surface area contributed by atoms with Crippen LogP contribution in [0, 0.1) is 22.6 Å². The van der Waals surface area contributed by atoms with E-state index in [1.54, 1.807) is 30.5 Å². The van der Waals surface area contributed by atoms with E-state index >= 15 is 0 Å². The molecule has 0 amide bonds. The average molecular weight is 407 g/mol. The van der Waals surface area contributed by atoms with Crippen LogP contribution in [0.5, 0.6) is 0 Å². The van der Waals surface area contributed by atoms with Crippen LogP contribution in [0.4, 0.5) is 10.1 Å². The molecule has 2 aliphatic carbocycles. The number of hydrogen-bond donors (Lipinski definition) is 3. The van der Waals surface area contributed by atoms with Crippen molar-refractivity contribution in [2.24, 2.45) is 16.3 Å². The molecule has 4 rings (SSSR count). The molecule has 0 radical (unpaired) electrons. The van der Waals surface area contributed by atoms with E-state index in [2.05, 4.69) is 9.98 Å². The predicted molar refractivity (Wildman–Crippen MR) is 115 cm³/mol. The molecule has 0 bridgehead atoms. The van der Waals surface area contributed by atoms with Crippen LogP contribution in [0.2, 0.25) is 0 Å². The summed E-state index contributed by atoms with van der Waals surface area (Å²) >= 11 is 0. The molecule has 4 atom stereocenters. The number of aromatic nitrogens is 1. The number of pyridine rings is 1. The van der Waals surface area contributed by atoms with Crippen molar-refractivity contribution in [1.29, 1.82) is 5.41 Å². The van der Waals surface area contributed by atoms with Crippen LogP contribution in [0.1, 0.15) is 44.4 Å². The van der Waals surface area contributed by atoms with Gasteiger partial charge in [0.2, 0.25) is 0 Å². The number of nitrogens with one attached hydrogen (secondary N) is 1. The minimum absolute atomic E-state index is 0.188. The summed E-state index contributed by atoms with van der Waals surface area (Å²) in [6, 6.07) is 11.3. The van der Waals surface area contributed by atoms with Crippen LogP contribution < -0.4 is 0 Å². The molecule has 2 aliphatic rings. The molecule has 1 aromatic heterocycles. The van der Waals surface area contributed by atoms with E-state index in [9.17, 15) is 14.6 Å². The molecule has 1 fully saturated rings. The predicted octanol–water partition coefficient (Wildman–Crippen LogP) is 4.54. The van der Waals surface area contributed by atoms with Crippen LogP contribution in [0.15, 0.2) is 65.3 Å². The molecule has 2 unspecified atom stereocenters. The Bertz CT molecular complexity index is 989. The first-order valence-corrected chi connectivity index (χ1v) is 10.2. The summed E-state index contributed by atoms with van der Waals surface area (Å²) in [6.45, 7) is 2.02. The van der Waals surface area contributed by atoms with Gasteiger partial charge in [0.25, 0.3) is 0 Å². The smallest absolute Gasteiger partial charge is 0.123 e. The molecule has 3 N–H and O–H groups in total. The van der Waals surface area contributed by atoms with Crippen molar-refractivity contribution < 1.29 is 14.6 Å². The Kier molecular flexibility index (Phi) is 5.38. The number of halogens is 1. The zero-order valence-corrected chi connectivity index (χ0v) is 16.9. The number of nitrogens with zero attached hydrogens (tertiary/aromatic N) is 2. The van der Waals surface area contributed by atoms with Gasteiger partial charge >= 0.3 is 0 Å². The highest BCUT2D eigenvalue weighted by molar-refractivity contribution is 6.08. The molecule has 5 nitrogen and oxygen atoms in total. The summed E-state index contributed by atoms with van der Waals surface area (Å²) < 4.78 is 13.2. The van der Waals surface area contributed by atoms with Gasteiger partial charge in [0.05, 0.1) is 23.1 Å². The van der Waals surface area contributed by atoms with Gasteiger partial charge in [-0.05, 0) is 61.7 Å². The Labute approximate surface area is 175 Å². The van der Waals surface area contributed by atoms with E-state index in [0.29, 0.717) is 30.6 Å². The first kappa shape index (κ1) is 20.6. The monoisotopic (exact) mass is 407 g/mol. The fourth-order valence-corrected chi connectivity index (χ4v) is 4.82. The minimum Gasteiger partial charge on any atom is -0.389 e. The second-order valence-electron chi connectivity index (χ2n) is 8.50. The van der Waals surface area contributed by atoms with Gasteiger partial charge in [-0.25, -0.2) is 4.39 Å². The van der Waals surface area contributed by atoms with Gasteiger partial charge in [0, 0.05) is 35.9 Å². The topological polar surface area (TPSA) is 89.6 Å². The summed E-state index contributed by atoms with van der Waals surface area (Å²) in [7, 11) is 0. The van der Waals surface area contributed by atoms with E-state index in [1.165, 1.54) is 18.3 Å². The normalized spacial score (nSPS) is 30.6. The van der Waals surface area contributed by atoms with Crippen LogP contribution in [0.3, 0.4) is 0 Å². The lowest BCUT2D eigenvalue weighted by atomic mass is 9.63. The number of fused-ring (bicyclic) bond motifs is 1. The molecule has 6 heteroatoms. The van der Waals surface area contributed by atoms with E-state index in [4.69, 9.17) is 5.41 Å². The highest BCUT2D eigenvalue weighted by Gasteiger charge is 2.56. The van der Waals surface area contributed by atoms with Crippen LogP contribution >= 0.6 is 0 Å². The van der Waals surface area contributed by atoms with E-state index in [-0.39, 0.29) is 18.2 Å². The summed E-state index contributed by atoms with van der Waals surface area (Å²) in [5.74, 6) is -0.579. The van der Waals surface area contributed by atoms with Crippen molar-refractivity contribution in [3.05, 3.63) is 71.8 Å². The SMILES string of the molecule is C[C@]12CC(C=N)C(=Nc3ccc(F)cc3)C=C1CC[C@@]2(O)CC(O)c1ccccn1. The number of aliphatic hydroxyl groups excluding tert-OH is 1. The molecule has 1 saturated carbocycles. The summed E-state index contributed by atoms with van der Waals surface area (Å²) in [5.41, 5.74) is 1.35. The van der Waals surface area contributed by atoms with E-state index in [1.807, 2.05) is 19.1 Å². The van der Waals surface area contributed by atoms with Gasteiger partial charge in [0.1, 0.15) is 5.82 Å². The minimum atomic E-state index is -1.10. The van der Waals surface area contributed by atoms with Gasteiger partial charge < -0.3 is 15.6 Å². The molecule has 1 aromatic carbocycles. The number of allylic oxidation sites excluding steroid dienone is 1. The average Bonchev–Trinajstić information content (AvgIpc) is 3.00. The zero-order valence-electron chi connectivity index (χ0n) is 16.9. The van der Waals surface area contributed by atoms with Crippen molar-refractivity contribution in [2.45, 2.75) is 44.3 Å². The molecular formula is C24H26FN3O2. The van der Waals surface area contributed by atoms with Crippen molar-refractivity contribution >= 4 is 17.6 Å². The number of hydrogen-bond acceptors (Lipinski definition) is 5. The molecule has 156 valence electrons. The zero-order chi connectivity index (χ0) is 21.4. The second-order valence-corrected chi connectivity index (χ2v) is 8.50. The standard InChI is InChI=1S/C24H26FN3O2/c1-23-13-16(15-26)21(28-19-7-5-18(25)6-8-19)12-17(23)9-10-24(23,30)14-22(29)20-4-2-3-11-27-20/h2-8,11-12,15-16,22,26,29-30H,9-10,13-14H2,1H3/t16?,22?,23-,24+/m0/s1. The molecule has 0 saturated heterocycles. The van der Waals surface area contributed by atoms with Gasteiger partial charge in [0.15, 0.2) is 0 Å². The van der Waals surface area contributed by atoms with Gasteiger partial charge in [-0.2, -0.15) is 0 Å². The van der Waals surface area contributed by atoms with Gasteiger partial charge in [-0.3, -0.25) is 9.98 Å². The Balaban J connectivity index is 1.64. The summed E-state index contributed by atoms with van der Waals surface area (Å²) in [5, 5.41) is 30.2. The van der Waals surface area contributed by atoms with Crippen LogP contribution in [-0.2, 0) is 0 Å². The van der Waals surface area contributed by atoms with Crippen molar-refractivity contribution in [2.75, 3.05) is 0 Å². The Hall–Kier alpha value is -2.70. The first-order valence-electron chi connectivity index (χ1n) is 10.2. The molecule has 30 heavy (non-hydrogen) atoms. The van der Waals surface area contributed by atoms with Crippen molar-refractivity contribution in [1.82, 2.24) is 4.98 Å². The maximum Gasteiger partial charge on any atom is 0.123 e. The lowest BCUT2D eigenvalue weighted by molar-refractivity contribution is -0.0791. The number of aliphatic hydroxyl groups is 2. The van der Waals surface area contributed by atoms with E-state index < -0.39 is 17.1 Å². The maximum atomic E-state index is 13.2. The Morgan fingerprint density at radius 1 is 1.30 bits per heavy atom. The third kappa shape index (κ3) is 3.61. The van der Waals surface area contributed by atoms with Crippen LogP contribution in [0.25, 0.3) is 0 Å². The third-order valence-electron chi connectivity index (χ3n) is 6.72. The fourth-order valence-electron chi connectivity index (χ4n) is 4.82. The largest absolute Gasteiger partial charge is 0.389 e. The van der Waals surface area contributed by atoms with Gasteiger partial charge in [-0.1, -0.05) is 18.6 Å². The molecule has 2 aromatic rings. The highest BCUT2D eigenvalue weighted by Crippen LogP contribution is 2.58. The molecular weight excluding hydrogens is 381 g/mol. The number of rotatable bonds is 5. The second kappa shape index (κ2) is 7.85. The molecule has 1 heterocycles. The number of aliphatic imine (C=N–C) groups is 1. The van der Waals surface area contributed by atoms with Crippen LogP contribution in [-0.4, -0.2) is 32.7 Å². The lowest BCUT2D eigenvalue weighted by Crippen LogP contribution is -2.47. The van der Waals surface area contributed by atoms with Gasteiger partial charge in [-0.15, -0.1) is 0 Å². The van der Waals surface area contributed by atoms with E-state index in [0.717, 1.165) is 11.3 Å². The Morgan fingerprint density at radius 3 is 2.73 bits per heavy atom. The van der Waals surface area contributed by atoms with Crippen molar-refractivity contribution in [3.63, 3.8) is 0 Å². The number of benzene rings is 1. The first-order chi connectivity index (χ1) is 14.3. The highest BCUT2D eigenvalue weighted by atomic mass is 19.1. The van der Waals surface area contributed by atoms with Crippen molar-refractivity contribution in [3.8, 4) is 0 Å².